The van der Waals surface area contributed by atoms with Crippen LogP contribution in [0.25, 0.3) is 0 Å². The molecule has 0 spiro atoms. The predicted octanol–water partition coefficient (Wildman–Crippen LogP) is 0.0204. The molecule has 102 valence electrons. The summed E-state index contributed by atoms with van der Waals surface area (Å²) >= 11 is 0. The molecule has 6 heteroatoms. The van der Waals surface area contributed by atoms with Crippen molar-refractivity contribution in [2.75, 3.05) is 33.3 Å². The van der Waals surface area contributed by atoms with Gasteiger partial charge in [-0.2, -0.15) is 0 Å². The fourth-order valence-electron chi connectivity index (χ4n) is 1.89. The van der Waals surface area contributed by atoms with Crippen LogP contribution in [0.2, 0.25) is 0 Å². The van der Waals surface area contributed by atoms with Crippen LogP contribution in [0.5, 0.6) is 0 Å². The third-order valence-corrected chi connectivity index (χ3v) is 3.10. The van der Waals surface area contributed by atoms with Crippen LogP contribution in [0.1, 0.15) is 26.2 Å². The highest BCUT2D eigenvalue weighted by Crippen LogP contribution is 2.11. The minimum Gasteiger partial charge on any atom is -0.469 e. The number of hydrogen-bond donors (Lipinski definition) is 0. The molecule has 0 atom stereocenters. The summed E-state index contributed by atoms with van der Waals surface area (Å²) in [4.78, 5) is 37.2. The van der Waals surface area contributed by atoms with Crippen molar-refractivity contribution in [1.82, 2.24) is 9.80 Å². The molecule has 0 aliphatic carbocycles. The summed E-state index contributed by atoms with van der Waals surface area (Å²) < 4.78 is 4.57. The molecule has 1 saturated heterocycles. The van der Waals surface area contributed by atoms with Gasteiger partial charge in [-0.05, 0) is 6.54 Å². The Hall–Kier alpha value is -1.43. The van der Waals surface area contributed by atoms with Crippen LogP contribution < -0.4 is 0 Å². The number of hydrogen-bond acceptors (Lipinski definition) is 5. The Labute approximate surface area is 107 Å². The lowest BCUT2D eigenvalue weighted by molar-refractivity contribution is -0.142. The van der Waals surface area contributed by atoms with Gasteiger partial charge in [0.2, 0.25) is 11.8 Å². The second-order valence-electron chi connectivity index (χ2n) is 4.20. The zero-order valence-corrected chi connectivity index (χ0v) is 11.0. The zero-order valence-electron chi connectivity index (χ0n) is 11.0. The van der Waals surface area contributed by atoms with Gasteiger partial charge in [-0.25, -0.2) is 0 Å². The van der Waals surface area contributed by atoms with Crippen molar-refractivity contribution < 1.29 is 19.1 Å². The SMILES string of the molecule is CCN(CCC(=O)OC)CCN1C(=O)CCC1=O. The monoisotopic (exact) mass is 256 g/mol. The summed E-state index contributed by atoms with van der Waals surface area (Å²) in [6.45, 7) is 4.34. The van der Waals surface area contributed by atoms with Crippen LogP contribution >= 0.6 is 0 Å². The molecular formula is C12H20N2O4. The Balaban J connectivity index is 2.32. The van der Waals surface area contributed by atoms with E-state index in [9.17, 15) is 14.4 Å². The molecule has 0 saturated carbocycles. The largest absolute Gasteiger partial charge is 0.469 e. The molecule has 0 aromatic heterocycles. The molecule has 0 N–H and O–H groups in total. The second kappa shape index (κ2) is 7.10. The molecule has 6 nitrogen and oxygen atoms in total. The highest BCUT2D eigenvalue weighted by atomic mass is 16.5. The third-order valence-electron chi connectivity index (χ3n) is 3.10. The minimum atomic E-state index is -0.248. The van der Waals surface area contributed by atoms with Gasteiger partial charge in [0.1, 0.15) is 0 Å². The number of esters is 1. The molecule has 0 bridgehead atoms. The molecular weight excluding hydrogens is 236 g/mol. The van der Waals surface area contributed by atoms with Crippen molar-refractivity contribution in [2.24, 2.45) is 0 Å². The summed E-state index contributed by atoms with van der Waals surface area (Å²) in [6, 6.07) is 0. The molecule has 0 unspecified atom stereocenters. The van der Waals surface area contributed by atoms with E-state index in [-0.39, 0.29) is 17.8 Å². The average Bonchev–Trinajstić information content (AvgIpc) is 2.69. The molecule has 1 rings (SSSR count). The fourth-order valence-corrected chi connectivity index (χ4v) is 1.89. The molecule has 1 fully saturated rings. The Morgan fingerprint density at radius 1 is 1.28 bits per heavy atom. The Morgan fingerprint density at radius 3 is 2.39 bits per heavy atom. The van der Waals surface area contributed by atoms with E-state index in [0.717, 1.165) is 6.54 Å². The van der Waals surface area contributed by atoms with Gasteiger partial charge in [0.25, 0.3) is 0 Å². The summed E-state index contributed by atoms with van der Waals surface area (Å²) in [7, 11) is 1.36. The fraction of sp³-hybridized carbons (Fsp3) is 0.750. The summed E-state index contributed by atoms with van der Waals surface area (Å²) in [5.41, 5.74) is 0. The number of likely N-dealkylation sites (tertiary alicyclic amines) is 1. The van der Waals surface area contributed by atoms with Crippen LogP contribution in [0.4, 0.5) is 0 Å². The third kappa shape index (κ3) is 4.10. The number of carbonyl (C=O) groups is 3. The molecule has 1 aliphatic rings. The van der Waals surface area contributed by atoms with Crippen molar-refractivity contribution in [2.45, 2.75) is 26.2 Å². The second-order valence-corrected chi connectivity index (χ2v) is 4.20. The van der Waals surface area contributed by atoms with Gasteiger partial charge in [-0.3, -0.25) is 19.3 Å². The van der Waals surface area contributed by atoms with Crippen molar-refractivity contribution in [1.29, 1.82) is 0 Å². The van der Waals surface area contributed by atoms with Crippen molar-refractivity contribution in [3.63, 3.8) is 0 Å². The van der Waals surface area contributed by atoms with E-state index in [4.69, 9.17) is 0 Å². The van der Waals surface area contributed by atoms with Crippen molar-refractivity contribution >= 4 is 17.8 Å². The quantitative estimate of drug-likeness (QED) is 0.474. The van der Waals surface area contributed by atoms with Gasteiger partial charge in [-0.15, -0.1) is 0 Å². The molecule has 2 amide bonds. The summed E-state index contributed by atoms with van der Waals surface area (Å²) in [5, 5.41) is 0. The van der Waals surface area contributed by atoms with E-state index in [2.05, 4.69) is 4.74 Å². The minimum absolute atomic E-state index is 0.0935. The van der Waals surface area contributed by atoms with E-state index < -0.39 is 0 Å². The van der Waals surface area contributed by atoms with E-state index in [1.54, 1.807) is 0 Å². The van der Waals surface area contributed by atoms with Gasteiger partial charge in [0.05, 0.1) is 13.5 Å². The number of carbonyl (C=O) groups excluding carboxylic acids is 3. The normalized spacial score (nSPS) is 15.6. The van der Waals surface area contributed by atoms with E-state index in [0.29, 0.717) is 38.9 Å². The number of amides is 2. The summed E-state index contributed by atoms with van der Waals surface area (Å²) in [5.74, 6) is -0.435. The lowest BCUT2D eigenvalue weighted by Gasteiger charge is -2.22. The van der Waals surface area contributed by atoms with E-state index >= 15 is 0 Å². The number of likely N-dealkylation sites (N-methyl/N-ethyl adjacent to an activating group) is 1. The number of methoxy groups -OCH3 is 1. The highest BCUT2D eigenvalue weighted by molar-refractivity contribution is 6.01. The maximum atomic E-state index is 11.4. The number of rotatable bonds is 7. The summed E-state index contributed by atoms with van der Waals surface area (Å²) in [6.07, 6.45) is 0.979. The number of imide groups is 1. The van der Waals surface area contributed by atoms with Gasteiger partial charge in [0.15, 0.2) is 0 Å². The first kappa shape index (κ1) is 14.6. The van der Waals surface area contributed by atoms with Crippen LogP contribution in [0.3, 0.4) is 0 Å². The Morgan fingerprint density at radius 2 is 1.89 bits per heavy atom. The molecule has 18 heavy (non-hydrogen) atoms. The molecule has 0 aromatic rings. The standard InChI is InChI=1S/C12H20N2O4/c1-3-13(7-6-12(17)18-2)8-9-14-10(15)4-5-11(14)16/h3-9H2,1-2H3. The molecule has 1 heterocycles. The zero-order chi connectivity index (χ0) is 13.5. The van der Waals surface area contributed by atoms with E-state index in [1.807, 2.05) is 11.8 Å². The predicted molar refractivity (Wildman–Crippen MR) is 64.7 cm³/mol. The lowest BCUT2D eigenvalue weighted by atomic mass is 10.3. The van der Waals surface area contributed by atoms with Gasteiger partial charge in [-0.1, -0.05) is 6.92 Å². The van der Waals surface area contributed by atoms with Crippen LogP contribution in [-0.2, 0) is 19.1 Å². The first-order valence-electron chi connectivity index (χ1n) is 6.20. The van der Waals surface area contributed by atoms with Crippen molar-refractivity contribution in [3.8, 4) is 0 Å². The maximum Gasteiger partial charge on any atom is 0.306 e. The maximum absolute atomic E-state index is 11.4. The van der Waals surface area contributed by atoms with Crippen LogP contribution in [0, 0.1) is 0 Å². The molecule has 0 aromatic carbocycles. The van der Waals surface area contributed by atoms with Gasteiger partial charge < -0.3 is 9.64 Å². The van der Waals surface area contributed by atoms with Crippen molar-refractivity contribution in [3.05, 3.63) is 0 Å². The van der Waals surface area contributed by atoms with Gasteiger partial charge >= 0.3 is 5.97 Å². The average molecular weight is 256 g/mol. The molecule has 0 radical (unpaired) electrons. The van der Waals surface area contributed by atoms with Crippen LogP contribution in [0.15, 0.2) is 0 Å². The number of ether oxygens (including phenoxy) is 1. The first-order chi connectivity index (χ1) is 8.58. The lowest BCUT2D eigenvalue weighted by Crippen LogP contribution is -2.38. The van der Waals surface area contributed by atoms with Gasteiger partial charge in [0, 0.05) is 32.5 Å². The van der Waals surface area contributed by atoms with E-state index in [1.165, 1.54) is 12.0 Å². The first-order valence-corrected chi connectivity index (χ1v) is 6.20. The number of nitrogens with zero attached hydrogens (tertiary/aromatic N) is 2. The molecule has 1 aliphatic heterocycles. The topological polar surface area (TPSA) is 66.9 Å². The Kier molecular flexibility index (Phi) is 5.77. The Bertz CT molecular complexity index is 314. The highest BCUT2D eigenvalue weighted by Gasteiger charge is 2.28. The smallest absolute Gasteiger partial charge is 0.306 e. The van der Waals surface area contributed by atoms with Crippen LogP contribution in [-0.4, -0.2) is 60.9 Å².